The van der Waals surface area contributed by atoms with Crippen LogP contribution in [-0.4, -0.2) is 52.4 Å². The Labute approximate surface area is 163 Å². The largest absolute Gasteiger partial charge is 0.389 e. The van der Waals surface area contributed by atoms with Crippen molar-refractivity contribution in [3.63, 3.8) is 0 Å². The van der Waals surface area contributed by atoms with Crippen LogP contribution in [0, 0.1) is 0 Å². The van der Waals surface area contributed by atoms with Crippen molar-refractivity contribution in [3.8, 4) is 0 Å². The molecule has 1 aliphatic rings. The molecule has 0 amide bonds. The molecule has 0 radical (unpaired) electrons. The Morgan fingerprint density at radius 1 is 1.33 bits per heavy atom. The zero-order valence-electron chi connectivity index (χ0n) is 15.6. The van der Waals surface area contributed by atoms with E-state index in [4.69, 9.17) is 9.72 Å². The van der Waals surface area contributed by atoms with Crippen LogP contribution in [0.2, 0.25) is 0 Å². The topological polar surface area (TPSA) is 78.5 Å². The van der Waals surface area contributed by atoms with E-state index in [0.29, 0.717) is 32.1 Å². The first-order valence-corrected chi connectivity index (χ1v) is 10.2. The lowest BCUT2D eigenvalue weighted by molar-refractivity contribution is 0.0265. The zero-order chi connectivity index (χ0) is 19.2. The fourth-order valence-corrected chi connectivity index (χ4v) is 4.80. The monoisotopic (exact) mass is 389 g/mol. The number of H-pyrrole nitrogens is 1. The molecule has 2 aromatic heterocycles. The average Bonchev–Trinajstić information content (AvgIpc) is 3.00. The van der Waals surface area contributed by atoms with Crippen molar-refractivity contribution in [2.75, 3.05) is 26.3 Å². The van der Waals surface area contributed by atoms with E-state index >= 15 is 0 Å². The first-order valence-electron chi connectivity index (χ1n) is 9.35. The van der Waals surface area contributed by atoms with E-state index < -0.39 is 6.10 Å². The molecule has 3 rings (SSSR count). The second kappa shape index (κ2) is 9.41. The second-order valence-electron chi connectivity index (χ2n) is 6.87. The number of aryl methyl sites for hydroxylation is 2. The summed E-state index contributed by atoms with van der Waals surface area (Å²) < 4.78 is 5.30. The fourth-order valence-electron chi connectivity index (χ4n) is 3.52. The maximum absolute atomic E-state index is 12.7. The van der Waals surface area contributed by atoms with Gasteiger partial charge in [-0.2, -0.15) is 0 Å². The third-order valence-electron chi connectivity index (χ3n) is 4.65. The summed E-state index contributed by atoms with van der Waals surface area (Å²) in [5.41, 5.74) is 1.14. The van der Waals surface area contributed by atoms with E-state index in [0.717, 1.165) is 29.5 Å². The minimum atomic E-state index is -0.630. The van der Waals surface area contributed by atoms with Crippen LogP contribution in [0.25, 0.3) is 10.2 Å². The number of ether oxygens (including phenoxy) is 1. The molecule has 0 aliphatic heterocycles. The molecular formula is C20H27N3O3S. The summed E-state index contributed by atoms with van der Waals surface area (Å²) in [5.74, 6) is 0.618. The summed E-state index contributed by atoms with van der Waals surface area (Å²) in [6.07, 6.45) is 7.14. The van der Waals surface area contributed by atoms with Gasteiger partial charge in [-0.25, -0.2) is 4.98 Å². The van der Waals surface area contributed by atoms with Crippen LogP contribution in [0.3, 0.4) is 0 Å². The molecule has 6 nitrogen and oxygen atoms in total. The zero-order valence-corrected chi connectivity index (χ0v) is 16.4. The molecule has 2 aromatic rings. The summed E-state index contributed by atoms with van der Waals surface area (Å²) in [6, 6.07) is 0. The number of fused-ring (bicyclic) bond motifs is 3. The summed E-state index contributed by atoms with van der Waals surface area (Å²) in [6.45, 7) is 9.45. The van der Waals surface area contributed by atoms with Crippen LogP contribution in [0.5, 0.6) is 0 Å². The number of aromatic amines is 1. The van der Waals surface area contributed by atoms with Crippen LogP contribution < -0.4 is 5.56 Å². The van der Waals surface area contributed by atoms with Gasteiger partial charge in [-0.05, 0) is 31.2 Å². The SMILES string of the molecule is C=CCOC[C@@H](O)CN(CC=C)Cc1nc2sc3c(c2c(=O)[nH]1)CCCC3. The van der Waals surface area contributed by atoms with E-state index in [-0.39, 0.29) is 12.2 Å². The number of hydrogen-bond acceptors (Lipinski definition) is 6. The Bertz CT molecular complexity index is 858. The van der Waals surface area contributed by atoms with Gasteiger partial charge in [0.15, 0.2) is 0 Å². The van der Waals surface area contributed by atoms with Crippen molar-refractivity contribution in [1.82, 2.24) is 14.9 Å². The molecule has 0 fully saturated rings. The number of aromatic nitrogens is 2. The van der Waals surface area contributed by atoms with Gasteiger partial charge in [-0.1, -0.05) is 12.2 Å². The maximum Gasteiger partial charge on any atom is 0.259 e. The third kappa shape index (κ3) is 4.93. The standard InChI is InChI=1S/C20H27N3O3S/c1-3-9-23(11-14(24)13-26-10-4-2)12-17-21-19(25)18-15-7-5-6-8-16(15)27-20(18)22-17/h3-4,14,24H,1-2,5-13H2,(H,21,22,25)/t14-/m0/s1. The lowest BCUT2D eigenvalue weighted by Crippen LogP contribution is -2.35. The normalized spacial score (nSPS) is 15.0. The van der Waals surface area contributed by atoms with Crippen molar-refractivity contribution in [1.29, 1.82) is 0 Å². The van der Waals surface area contributed by atoms with Gasteiger partial charge in [0.1, 0.15) is 10.7 Å². The number of rotatable bonds is 10. The molecule has 0 saturated carbocycles. The number of hydrogen-bond donors (Lipinski definition) is 2. The number of nitrogens with zero attached hydrogens (tertiary/aromatic N) is 2. The molecule has 146 valence electrons. The third-order valence-corrected chi connectivity index (χ3v) is 5.84. The average molecular weight is 390 g/mol. The van der Waals surface area contributed by atoms with Gasteiger partial charge in [0.2, 0.25) is 0 Å². The maximum atomic E-state index is 12.7. The van der Waals surface area contributed by atoms with Gasteiger partial charge in [0.25, 0.3) is 5.56 Å². The Morgan fingerprint density at radius 2 is 2.15 bits per heavy atom. The quantitative estimate of drug-likeness (QED) is 0.482. The molecular weight excluding hydrogens is 362 g/mol. The molecule has 0 bridgehead atoms. The Hall–Kier alpha value is -1.80. The first-order chi connectivity index (χ1) is 13.1. The lowest BCUT2D eigenvalue weighted by atomic mass is 9.97. The highest BCUT2D eigenvalue weighted by Gasteiger charge is 2.20. The van der Waals surface area contributed by atoms with Crippen LogP contribution in [0.15, 0.2) is 30.1 Å². The predicted octanol–water partition coefficient (Wildman–Crippen LogP) is 2.41. The van der Waals surface area contributed by atoms with Crippen molar-refractivity contribution >= 4 is 21.6 Å². The van der Waals surface area contributed by atoms with Crippen LogP contribution >= 0.6 is 11.3 Å². The molecule has 0 unspecified atom stereocenters. The Balaban J connectivity index is 1.75. The molecule has 0 saturated heterocycles. The van der Waals surface area contributed by atoms with Gasteiger partial charge in [0, 0.05) is 18.0 Å². The van der Waals surface area contributed by atoms with E-state index in [1.54, 1.807) is 23.5 Å². The molecule has 0 spiro atoms. The van der Waals surface area contributed by atoms with Crippen molar-refractivity contribution in [2.24, 2.45) is 0 Å². The van der Waals surface area contributed by atoms with Gasteiger partial charge in [-0.3, -0.25) is 9.69 Å². The van der Waals surface area contributed by atoms with Gasteiger partial charge >= 0.3 is 0 Å². The molecule has 27 heavy (non-hydrogen) atoms. The molecule has 1 aliphatic carbocycles. The summed E-state index contributed by atoms with van der Waals surface area (Å²) in [4.78, 5) is 24.4. The first kappa shape index (κ1) is 19.9. The van der Waals surface area contributed by atoms with Gasteiger partial charge in [-0.15, -0.1) is 24.5 Å². The number of thiophene rings is 1. The molecule has 1 atom stereocenters. The lowest BCUT2D eigenvalue weighted by Gasteiger charge is -2.23. The molecule has 2 heterocycles. The summed E-state index contributed by atoms with van der Waals surface area (Å²) >= 11 is 1.65. The van der Waals surface area contributed by atoms with Crippen LogP contribution in [0.4, 0.5) is 0 Å². The fraction of sp³-hybridized carbons (Fsp3) is 0.500. The summed E-state index contributed by atoms with van der Waals surface area (Å²) in [5, 5.41) is 10.9. The van der Waals surface area contributed by atoms with E-state index in [1.165, 1.54) is 16.9 Å². The van der Waals surface area contributed by atoms with E-state index in [1.807, 2.05) is 4.90 Å². The second-order valence-corrected chi connectivity index (χ2v) is 7.95. The highest BCUT2D eigenvalue weighted by atomic mass is 32.1. The minimum Gasteiger partial charge on any atom is -0.389 e. The number of nitrogens with one attached hydrogen (secondary N) is 1. The van der Waals surface area contributed by atoms with Crippen molar-refractivity contribution < 1.29 is 9.84 Å². The Kier molecular flexibility index (Phi) is 6.95. The molecule has 7 heteroatoms. The predicted molar refractivity (Wildman–Crippen MR) is 109 cm³/mol. The molecule has 0 aromatic carbocycles. The smallest absolute Gasteiger partial charge is 0.259 e. The van der Waals surface area contributed by atoms with Crippen molar-refractivity contribution in [3.05, 3.63) is 51.9 Å². The van der Waals surface area contributed by atoms with Crippen LogP contribution in [0.1, 0.15) is 29.1 Å². The van der Waals surface area contributed by atoms with Gasteiger partial charge < -0.3 is 14.8 Å². The highest BCUT2D eigenvalue weighted by molar-refractivity contribution is 7.18. The molecule has 2 N–H and O–H groups in total. The van der Waals surface area contributed by atoms with Crippen molar-refractivity contribution in [2.45, 2.75) is 38.3 Å². The number of aliphatic hydroxyl groups excluding tert-OH is 1. The van der Waals surface area contributed by atoms with E-state index in [2.05, 4.69) is 18.1 Å². The highest BCUT2D eigenvalue weighted by Crippen LogP contribution is 2.33. The number of aliphatic hydroxyl groups is 1. The summed E-state index contributed by atoms with van der Waals surface area (Å²) in [7, 11) is 0. The van der Waals surface area contributed by atoms with Gasteiger partial charge in [0.05, 0.1) is 31.2 Å². The van der Waals surface area contributed by atoms with E-state index in [9.17, 15) is 9.90 Å². The Morgan fingerprint density at radius 3 is 2.93 bits per heavy atom. The minimum absolute atomic E-state index is 0.0529. The van der Waals surface area contributed by atoms with Crippen LogP contribution in [-0.2, 0) is 24.1 Å².